The molecule has 1 N–H and O–H groups in total. The number of aryl methyl sites for hydroxylation is 1. The van der Waals surface area contributed by atoms with Crippen molar-refractivity contribution in [3.63, 3.8) is 0 Å². The number of hydrogen-bond acceptors (Lipinski definition) is 4. The zero-order valence-corrected chi connectivity index (χ0v) is 14.1. The second kappa shape index (κ2) is 7.43. The molecule has 2 heterocycles. The van der Waals surface area contributed by atoms with Gasteiger partial charge in [-0.25, -0.2) is 0 Å². The van der Waals surface area contributed by atoms with E-state index in [1.165, 1.54) is 12.0 Å². The van der Waals surface area contributed by atoms with E-state index in [4.69, 9.17) is 9.15 Å². The van der Waals surface area contributed by atoms with E-state index >= 15 is 0 Å². The van der Waals surface area contributed by atoms with Crippen LogP contribution in [-0.2, 0) is 17.8 Å². The van der Waals surface area contributed by atoms with Crippen molar-refractivity contribution in [2.75, 3.05) is 20.2 Å². The van der Waals surface area contributed by atoms with Crippen LogP contribution in [0, 0.1) is 12.8 Å². The molecule has 0 bridgehead atoms. The molecule has 0 amide bonds. The number of nitrogens with one attached hydrogen (secondary N) is 1. The monoisotopic (exact) mass is 294 g/mol. The third-order valence-corrected chi connectivity index (χ3v) is 4.43. The van der Waals surface area contributed by atoms with Crippen molar-refractivity contribution < 1.29 is 9.15 Å². The molecule has 1 saturated heterocycles. The van der Waals surface area contributed by atoms with Crippen LogP contribution in [0.15, 0.2) is 10.5 Å². The summed E-state index contributed by atoms with van der Waals surface area (Å²) < 4.78 is 11.5. The maximum Gasteiger partial charge on any atom is 0.118 e. The maximum absolute atomic E-state index is 5.86. The number of rotatable bonds is 6. The summed E-state index contributed by atoms with van der Waals surface area (Å²) in [5.41, 5.74) is 1.31. The fourth-order valence-electron chi connectivity index (χ4n) is 2.93. The highest BCUT2D eigenvalue weighted by atomic mass is 16.5. The summed E-state index contributed by atoms with van der Waals surface area (Å²) in [5.74, 6) is 2.73. The van der Waals surface area contributed by atoms with Gasteiger partial charge in [0.25, 0.3) is 0 Å². The fourth-order valence-corrected chi connectivity index (χ4v) is 2.93. The van der Waals surface area contributed by atoms with Crippen molar-refractivity contribution in [2.45, 2.75) is 59.4 Å². The van der Waals surface area contributed by atoms with Gasteiger partial charge in [0.05, 0.1) is 12.6 Å². The molecule has 1 aliphatic heterocycles. The van der Waals surface area contributed by atoms with E-state index in [0.29, 0.717) is 18.1 Å². The van der Waals surface area contributed by atoms with Crippen LogP contribution in [0.4, 0.5) is 0 Å². The lowest BCUT2D eigenvalue weighted by Crippen LogP contribution is -2.43. The Morgan fingerprint density at radius 1 is 1.48 bits per heavy atom. The van der Waals surface area contributed by atoms with E-state index in [2.05, 4.69) is 44.0 Å². The van der Waals surface area contributed by atoms with Gasteiger partial charge in [-0.15, -0.1) is 0 Å². The Hall–Kier alpha value is -0.840. The van der Waals surface area contributed by atoms with Crippen molar-refractivity contribution >= 4 is 0 Å². The number of methoxy groups -OCH3 is 1. The number of furan rings is 1. The van der Waals surface area contributed by atoms with Gasteiger partial charge in [-0.3, -0.25) is 4.90 Å². The van der Waals surface area contributed by atoms with Crippen molar-refractivity contribution in [1.29, 1.82) is 0 Å². The van der Waals surface area contributed by atoms with E-state index < -0.39 is 0 Å². The lowest BCUT2D eigenvalue weighted by molar-refractivity contribution is -0.00755. The summed E-state index contributed by atoms with van der Waals surface area (Å²) in [6.45, 7) is 12.6. The van der Waals surface area contributed by atoms with Gasteiger partial charge < -0.3 is 14.5 Å². The Labute approximate surface area is 128 Å². The van der Waals surface area contributed by atoms with Crippen LogP contribution < -0.4 is 5.32 Å². The molecule has 21 heavy (non-hydrogen) atoms. The number of likely N-dealkylation sites (tertiary alicyclic amines) is 1. The number of piperidine rings is 1. The Kier molecular flexibility index (Phi) is 5.85. The Bertz CT molecular complexity index is 442. The van der Waals surface area contributed by atoms with Crippen LogP contribution in [-0.4, -0.2) is 37.2 Å². The zero-order valence-electron chi connectivity index (χ0n) is 14.1. The van der Waals surface area contributed by atoms with Crippen LogP contribution in [0.2, 0.25) is 0 Å². The molecule has 1 aromatic rings. The SMILES string of the molecule is COC1CN(Cc2cc(CNC(C)C)oc2C)CCC1C. The first-order valence-electron chi connectivity index (χ1n) is 8.06. The molecule has 4 heteroatoms. The lowest BCUT2D eigenvalue weighted by Gasteiger charge is -2.36. The van der Waals surface area contributed by atoms with Crippen molar-refractivity contribution in [2.24, 2.45) is 5.92 Å². The van der Waals surface area contributed by atoms with E-state index in [-0.39, 0.29) is 0 Å². The van der Waals surface area contributed by atoms with Crippen LogP contribution in [0.5, 0.6) is 0 Å². The minimum absolute atomic E-state index is 0.355. The first-order valence-corrected chi connectivity index (χ1v) is 8.06. The molecule has 0 saturated carbocycles. The molecule has 1 fully saturated rings. The van der Waals surface area contributed by atoms with Gasteiger partial charge in [0.1, 0.15) is 11.5 Å². The first kappa shape index (κ1) is 16.5. The highest BCUT2D eigenvalue weighted by Gasteiger charge is 2.26. The Morgan fingerprint density at radius 3 is 2.90 bits per heavy atom. The molecule has 0 aliphatic carbocycles. The van der Waals surface area contributed by atoms with Crippen molar-refractivity contribution in [3.8, 4) is 0 Å². The van der Waals surface area contributed by atoms with Gasteiger partial charge in [0, 0.05) is 31.8 Å². The molecular formula is C17H30N2O2. The summed E-state index contributed by atoms with van der Waals surface area (Å²) >= 11 is 0. The molecule has 0 spiro atoms. The van der Waals surface area contributed by atoms with Gasteiger partial charge in [0.15, 0.2) is 0 Å². The highest BCUT2D eigenvalue weighted by Crippen LogP contribution is 2.23. The van der Waals surface area contributed by atoms with Crippen LogP contribution >= 0.6 is 0 Å². The molecule has 1 aromatic heterocycles. The van der Waals surface area contributed by atoms with E-state index in [9.17, 15) is 0 Å². The minimum atomic E-state index is 0.355. The topological polar surface area (TPSA) is 37.6 Å². The second-order valence-electron chi connectivity index (χ2n) is 6.60. The minimum Gasteiger partial charge on any atom is -0.465 e. The predicted octanol–water partition coefficient (Wildman–Crippen LogP) is 2.94. The fraction of sp³-hybridized carbons (Fsp3) is 0.765. The molecule has 120 valence electrons. The summed E-state index contributed by atoms with van der Waals surface area (Å²) in [6.07, 6.45) is 1.56. The maximum atomic E-state index is 5.86. The normalized spacial score (nSPS) is 23.9. The average molecular weight is 294 g/mol. The molecule has 0 aromatic carbocycles. The van der Waals surface area contributed by atoms with Crippen LogP contribution in [0.25, 0.3) is 0 Å². The quantitative estimate of drug-likeness (QED) is 0.875. The van der Waals surface area contributed by atoms with Crippen molar-refractivity contribution in [3.05, 3.63) is 23.2 Å². The van der Waals surface area contributed by atoms with Gasteiger partial charge in [-0.2, -0.15) is 0 Å². The third kappa shape index (κ3) is 4.56. The standard InChI is InChI=1S/C17H30N2O2/c1-12(2)18-9-16-8-15(14(4)21-16)10-19-7-6-13(3)17(11-19)20-5/h8,12-13,17-18H,6-7,9-11H2,1-5H3. The molecule has 2 rings (SSSR count). The third-order valence-electron chi connectivity index (χ3n) is 4.43. The average Bonchev–Trinajstić information content (AvgIpc) is 2.79. The van der Waals surface area contributed by atoms with E-state index in [0.717, 1.165) is 37.7 Å². The Morgan fingerprint density at radius 2 is 2.24 bits per heavy atom. The molecule has 2 unspecified atom stereocenters. The number of hydrogen-bond donors (Lipinski definition) is 1. The lowest BCUT2D eigenvalue weighted by atomic mass is 9.95. The van der Waals surface area contributed by atoms with E-state index in [1.807, 2.05) is 7.11 Å². The van der Waals surface area contributed by atoms with Crippen LogP contribution in [0.1, 0.15) is 44.3 Å². The van der Waals surface area contributed by atoms with Crippen molar-refractivity contribution in [1.82, 2.24) is 10.2 Å². The zero-order chi connectivity index (χ0) is 15.4. The molecule has 0 radical (unpaired) electrons. The van der Waals surface area contributed by atoms with Gasteiger partial charge in [0.2, 0.25) is 0 Å². The van der Waals surface area contributed by atoms with Crippen LogP contribution in [0.3, 0.4) is 0 Å². The number of ether oxygens (including phenoxy) is 1. The van der Waals surface area contributed by atoms with Gasteiger partial charge >= 0.3 is 0 Å². The summed E-state index contributed by atoms with van der Waals surface area (Å²) in [5, 5.41) is 3.40. The van der Waals surface area contributed by atoms with Gasteiger partial charge in [-0.05, 0) is 31.9 Å². The smallest absolute Gasteiger partial charge is 0.118 e. The first-order chi connectivity index (χ1) is 9.99. The summed E-state index contributed by atoms with van der Waals surface area (Å²) in [4.78, 5) is 2.48. The highest BCUT2D eigenvalue weighted by molar-refractivity contribution is 5.21. The van der Waals surface area contributed by atoms with Gasteiger partial charge in [-0.1, -0.05) is 20.8 Å². The largest absolute Gasteiger partial charge is 0.465 e. The summed E-state index contributed by atoms with van der Waals surface area (Å²) in [6, 6.07) is 2.68. The summed E-state index contributed by atoms with van der Waals surface area (Å²) in [7, 11) is 1.82. The molecule has 2 atom stereocenters. The number of nitrogens with zero attached hydrogens (tertiary/aromatic N) is 1. The molecule has 4 nitrogen and oxygen atoms in total. The Balaban J connectivity index is 1.93. The molecule has 1 aliphatic rings. The second-order valence-corrected chi connectivity index (χ2v) is 6.60. The van der Waals surface area contributed by atoms with E-state index in [1.54, 1.807) is 0 Å². The predicted molar refractivity (Wildman–Crippen MR) is 85.3 cm³/mol. The molecular weight excluding hydrogens is 264 g/mol.